The molecule has 0 aliphatic carbocycles. The van der Waals surface area contributed by atoms with E-state index in [0.29, 0.717) is 25.8 Å². The van der Waals surface area contributed by atoms with Crippen LogP contribution in [0.3, 0.4) is 0 Å². The van der Waals surface area contributed by atoms with E-state index in [9.17, 15) is 14.4 Å². The summed E-state index contributed by atoms with van der Waals surface area (Å²) in [4.78, 5) is 41.7. The number of cyclic esters (lactones) is 1. The Labute approximate surface area is 257 Å². The summed E-state index contributed by atoms with van der Waals surface area (Å²) in [5.74, 6) is -0.541. The lowest BCUT2D eigenvalue weighted by Crippen LogP contribution is -2.11. The van der Waals surface area contributed by atoms with Crippen LogP contribution in [0.2, 0.25) is 0 Å². The highest BCUT2D eigenvalue weighted by Crippen LogP contribution is 2.40. The van der Waals surface area contributed by atoms with Crippen LogP contribution in [0.15, 0.2) is 62.1 Å². The molecule has 4 rings (SSSR count). The molecule has 0 spiro atoms. The number of hydrogen-bond donors (Lipinski definition) is 0. The van der Waals surface area contributed by atoms with E-state index >= 15 is 0 Å². The molecule has 0 bridgehead atoms. The SMILES string of the molecule is COc1cc(C2=N/C(=C\c3cc(Br)cc(Br)c3OC(=O)c3cc(OC)c(OC)c(OC)c3)C(=O)O2)ccc1OC(C)=O. The summed E-state index contributed by atoms with van der Waals surface area (Å²) < 4.78 is 38.6. The number of hydrogen-bond acceptors (Lipinski definition) is 11. The third-order valence-electron chi connectivity index (χ3n) is 5.71. The van der Waals surface area contributed by atoms with E-state index in [0.717, 1.165) is 0 Å². The monoisotopic (exact) mass is 703 g/mol. The summed E-state index contributed by atoms with van der Waals surface area (Å²) in [6, 6.07) is 10.8. The van der Waals surface area contributed by atoms with Crippen molar-refractivity contribution < 1.29 is 47.5 Å². The second kappa shape index (κ2) is 13.1. The van der Waals surface area contributed by atoms with Crippen LogP contribution < -0.4 is 28.4 Å². The van der Waals surface area contributed by atoms with E-state index < -0.39 is 17.9 Å². The lowest BCUT2D eigenvalue weighted by molar-refractivity contribution is -0.132. The normalized spacial score (nSPS) is 13.3. The Kier molecular flexibility index (Phi) is 9.53. The van der Waals surface area contributed by atoms with Crippen molar-refractivity contribution >= 4 is 61.7 Å². The topological polar surface area (TPSA) is 128 Å². The van der Waals surface area contributed by atoms with Gasteiger partial charge in [-0.05, 0) is 64.5 Å². The van der Waals surface area contributed by atoms with Crippen molar-refractivity contribution in [3.05, 3.63) is 73.8 Å². The molecule has 1 aliphatic rings. The first-order chi connectivity index (χ1) is 20.1. The molecule has 42 heavy (non-hydrogen) atoms. The Hall–Kier alpha value is -4.36. The largest absolute Gasteiger partial charge is 0.493 e. The second-order valence-corrected chi connectivity index (χ2v) is 10.2. The van der Waals surface area contributed by atoms with Gasteiger partial charge >= 0.3 is 17.9 Å². The third-order valence-corrected chi connectivity index (χ3v) is 6.76. The number of halogens is 2. The van der Waals surface area contributed by atoms with E-state index in [1.807, 2.05) is 0 Å². The van der Waals surface area contributed by atoms with Gasteiger partial charge < -0.3 is 33.2 Å². The Morgan fingerprint density at radius 1 is 0.810 bits per heavy atom. The fraction of sp³-hybridized carbons (Fsp3) is 0.172. The van der Waals surface area contributed by atoms with Gasteiger partial charge in [-0.1, -0.05) is 15.9 Å². The van der Waals surface area contributed by atoms with Crippen LogP contribution in [0.4, 0.5) is 0 Å². The Balaban J connectivity index is 1.70. The highest BCUT2D eigenvalue weighted by Gasteiger charge is 2.27. The van der Waals surface area contributed by atoms with Crippen LogP contribution in [0, 0.1) is 0 Å². The Bertz CT molecular complexity index is 1620. The van der Waals surface area contributed by atoms with Crippen LogP contribution in [0.1, 0.15) is 28.4 Å². The zero-order valence-corrected chi connectivity index (χ0v) is 26.1. The van der Waals surface area contributed by atoms with Crippen molar-refractivity contribution in [2.45, 2.75) is 6.92 Å². The maximum atomic E-state index is 13.2. The minimum Gasteiger partial charge on any atom is -0.493 e. The summed E-state index contributed by atoms with van der Waals surface area (Å²) >= 11 is 6.84. The van der Waals surface area contributed by atoms with Gasteiger partial charge in [-0.15, -0.1) is 0 Å². The highest BCUT2D eigenvalue weighted by molar-refractivity contribution is 9.11. The zero-order valence-electron chi connectivity index (χ0n) is 22.9. The van der Waals surface area contributed by atoms with E-state index in [2.05, 4.69) is 36.9 Å². The van der Waals surface area contributed by atoms with Crippen molar-refractivity contribution in [2.24, 2.45) is 4.99 Å². The van der Waals surface area contributed by atoms with Crippen molar-refractivity contribution in [1.29, 1.82) is 0 Å². The number of nitrogens with zero attached hydrogens (tertiary/aromatic N) is 1. The Morgan fingerprint density at radius 3 is 2.07 bits per heavy atom. The molecule has 0 N–H and O–H groups in total. The molecule has 0 aromatic heterocycles. The van der Waals surface area contributed by atoms with Crippen LogP contribution in [0.25, 0.3) is 6.08 Å². The molecular weight excluding hydrogens is 682 g/mol. The number of rotatable bonds is 9. The summed E-state index contributed by atoms with van der Waals surface area (Å²) in [5, 5.41) is 0. The average Bonchev–Trinajstić information content (AvgIpc) is 3.33. The number of methoxy groups -OCH3 is 4. The predicted molar refractivity (Wildman–Crippen MR) is 158 cm³/mol. The maximum absolute atomic E-state index is 13.2. The number of aliphatic imine (C=N–C) groups is 1. The van der Waals surface area contributed by atoms with E-state index in [4.69, 9.17) is 33.2 Å². The number of carbonyl (C=O) groups excluding carboxylic acids is 3. The van der Waals surface area contributed by atoms with Gasteiger partial charge in [0, 0.05) is 22.5 Å². The minimum absolute atomic E-state index is 0.00366. The first-order valence-electron chi connectivity index (χ1n) is 12.0. The van der Waals surface area contributed by atoms with Crippen LogP contribution >= 0.6 is 31.9 Å². The molecule has 0 unspecified atom stereocenters. The Morgan fingerprint density at radius 2 is 1.48 bits per heavy atom. The molecule has 0 saturated carbocycles. The maximum Gasteiger partial charge on any atom is 0.363 e. The summed E-state index contributed by atoms with van der Waals surface area (Å²) in [6.45, 7) is 1.27. The molecule has 3 aromatic carbocycles. The second-order valence-electron chi connectivity index (χ2n) is 8.40. The van der Waals surface area contributed by atoms with Gasteiger partial charge in [0.05, 0.1) is 38.5 Å². The molecule has 0 radical (unpaired) electrons. The fourth-order valence-corrected chi connectivity index (χ4v) is 5.20. The molecule has 0 atom stereocenters. The smallest absolute Gasteiger partial charge is 0.363 e. The predicted octanol–water partition coefficient (Wildman–Crippen LogP) is 5.74. The van der Waals surface area contributed by atoms with Gasteiger partial charge in [0.25, 0.3) is 0 Å². The lowest BCUT2D eigenvalue weighted by Gasteiger charge is -2.15. The van der Waals surface area contributed by atoms with Gasteiger partial charge in [0.2, 0.25) is 11.6 Å². The molecule has 0 amide bonds. The molecule has 1 heterocycles. The van der Waals surface area contributed by atoms with Gasteiger partial charge in [-0.3, -0.25) is 4.79 Å². The fourth-order valence-electron chi connectivity index (χ4n) is 3.87. The van der Waals surface area contributed by atoms with E-state index in [1.54, 1.807) is 18.2 Å². The van der Waals surface area contributed by atoms with E-state index in [1.165, 1.54) is 65.7 Å². The zero-order chi connectivity index (χ0) is 30.6. The minimum atomic E-state index is -0.731. The molecule has 218 valence electrons. The molecule has 1 aliphatic heterocycles. The number of carbonyl (C=O) groups is 3. The van der Waals surface area contributed by atoms with Crippen LogP contribution in [-0.4, -0.2) is 52.2 Å². The summed E-state index contributed by atoms with van der Waals surface area (Å²) in [5.41, 5.74) is 0.827. The third kappa shape index (κ3) is 6.58. The molecule has 3 aromatic rings. The summed E-state index contributed by atoms with van der Waals surface area (Å²) in [7, 11) is 5.73. The number of benzene rings is 3. The van der Waals surface area contributed by atoms with Gasteiger partial charge in [0.15, 0.2) is 34.4 Å². The highest BCUT2D eigenvalue weighted by atomic mass is 79.9. The molecular formula is C29H23Br2NO10. The van der Waals surface area contributed by atoms with Crippen molar-refractivity contribution in [3.63, 3.8) is 0 Å². The summed E-state index contributed by atoms with van der Waals surface area (Å²) in [6.07, 6.45) is 1.42. The van der Waals surface area contributed by atoms with Gasteiger partial charge in [0.1, 0.15) is 0 Å². The first kappa shape index (κ1) is 30.6. The molecule has 0 fully saturated rings. The quantitative estimate of drug-likeness (QED) is 0.155. The average molecular weight is 705 g/mol. The lowest BCUT2D eigenvalue weighted by atomic mass is 10.1. The van der Waals surface area contributed by atoms with E-state index in [-0.39, 0.29) is 45.9 Å². The number of esters is 3. The van der Waals surface area contributed by atoms with Crippen molar-refractivity contribution in [1.82, 2.24) is 0 Å². The van der Waals surface area contributed by atoms with Gasteiger partial charge in [-0.25, -0.2) is 14.6 Å². The van der Waals surface area contributed by atoms with Crippen molar-refractivity contribution in [3.8, 4) is 34.5 Å². The number of ether oxygens (including phenoxy) is 7. The molecule has 0 saturated heterocycles. The van der Waals surface area contributed by atoms with Crippen LogP contribution in [-0.2, 0) is 14.3 Å². The van der Waals surface area contributed by atoms with Crippen molar-refractivity contribution in [2.75, 3.05) is 28.4 Å². The first-order valence-corrected chi connectivity index (χ1v) is 13.6. The molecule has 11 nitrogen and oxygen atoms in total. The van der Waals surface area contributed by atoms with Gasteiger partial charge in [-0.2, -0.15) is 0 Å². The van der Waals surface area contributed by atoms with Crippen LogP contribution in [0.5, 0.6) is 34.5 Å². The molecule has 13 heteroatoms. The standard InChI is InChI=1S/C29H23Br2NO10/c1-14(33)40-21-7-6-15(10-22(21)36-2)27-32-20(29(35)42-27)9-16-8-18(30)13-19(31)25(16)41-28(34)17-11-23(37-3)26(39-5)24(12-17)38-4/h6-13H,1-5H3/b20-9-.